The van der Waals surface area contributed by atoms with Crippen LogP contribution in [0.25, 0.3) is 6.08 Å². The number of carbonyl (C=O) groups excluding carboxylic acids is 1. The average Bonchev–Trinajstić information content (AvgIpc) is 3.17. The van der Waals surface area contributed by atoms with Crippen LogP contribution >= 0.6 is 0 Å². The van der Waals surface area contributed by atoms with Gasteiger partial charge in [0.15, 0.2) is 5.76 Å². The van der Waals surface area contributed by atoms with Crippen molar-refractivity contribution >= 4 is 11.9 Å². The van der Waals surface area contributed by atoms with Crippen LogP contribution < -0.4 is 9.47 Å². The second-order valence-electron chi connectivity index (χ2n) is 8.42. The van der Waals surface area contributed by atoms with E-state index < -0.39 is 0 Å². The van der Waals surface area contributed by atoms with E-state index in [2.05, 4.69) is 16.0 Å². The number of fused-ring (bicyclic) bond motifs is 1. The summed E-state index contributed by atoms with van der Waals surface area (Å²) in [5, 5.41) is 10.7. The number of ketones is 1. The van der Waals surface area contributed by atoms with Crippen LogP contribution in [0, 0.1) is 0 Å². The zero-order chi connectivity index (χ0) is 22.8. The number of ether oxygens (including phenoxy) is 2. The summed E-state index contributed by atoms with van der Waals surface area (Å²) in [6.45, 7) is 1.41. The average molecular weight is 443 g/mol. The molecule has 33 heavy (non-hydrogen) atoms. The van der Waals surface area contributed by atoms with E-state index in [0.717, 1.165) is 37.1 Å². The Kier molecular flexibility index (Phi) is 5.84. The Morgan fingerprint density at radius 2 is 2.03 bits per heavy atom. The minimum Gasteiger partial charge on any atom is -0.507 e. The van der Waals surface area contributed by atoms with E-state index in [4.69, 9.17) is 9.47 Å². The summed E-state index contributed by atoms with van der Waals surface area (Å²) in [6, 6.07) is 14.9. The first-order valence-corrected chi connectivity index (χ1v) is 11.2. The molecule has 6 heteroatoms. The van der Waals surface area contributed by atoms with E-state index in [1.807, 2.05) is 36.5 Å². The molecule has 0 bridgehead atoms. The van der Waals surface area contributed by atoms with Crippen molar-refractivity contribution in [2.75, 3.05) is 13.7 Å². The lowest BCUT2D eigenvalue weighted by Crippen LogP contribution is -2.33. The lowest BCUT2D eigenvalue weighted by Gasteiger charge is -2.36. The van der Waals surface area contributed by atoms with Crippen molar-refractivity contribution < 1.29 is 19.4 Å². The second kappa shape index (κ2) is 9.08. The Labute approximate surface area is 193 Å². The lowest BCUT2D eigenvalue weighted by molar-refractivity contribution is 0.101. The first-order chi connectivity index (χ1) is 16.1. The summed E-state index contributed by atoms with van der Waals surface area (Å²) in [5.41, 5.74) is 3.14. The van der Waals surface area contributed by atoms with Gasteiger partial charge < -0.3 is 14.6 Å². The van der Waals surface area contributed by atoms with Gasteiger partial charge in [0.1, 0.15) is 17.2 Å². The monoisotopic (exact) mass is 442 g/mol. The zero-order valence-electron chi connectivity index (χ0n) is 18.5. The van der Waals surface area contributed by atoms with Gasteiger partial charge in [0.2, 0.25) is 5.78 Å². The molecule has 0 spiro atoms. The van der Waals surface area contributed by atoms with Crippen LogP contribution in [0.2, 0.25) is 0 Å². The first kappa shape index (κ1) is 21.2. The number of Topliss-reactive ketones (excluding diaryl/α,β-unsaturated/α-hetero) is 1. The number of pyridine rings is 1. The molecule has 0 saturated carbocycles. The maximum atomic E-state index is 13.0. The summed E-state index contributed by atoms with van der Waals surface area (Å²) in [5.74, 6) is 1.42. The number of hydrogen-bond donors (Lipinski definition) is 1. The number of methoxy groups -OCH3 is 1. The highest BCUT2D eigenvalue weighted by molar-refractivity contribution is 6.15. The van der Waals surface area contributed by atoms with Crippen LogP contribution in [0.15, 0.2) is 66.7 Å². The quantitative estimate of drug-likeness (QED) is 0.552. The Bertz CT molecular complexity index is 1190. The summed E-state index contributed by atoms with van der Waals surface area (Å²) >= 11 is 0. The number of aromatic nitrogens is 1. The van der Waals surface area contributed by atoms with Crippen LogP contribution in [0.5, 0.6) is 17.2 Å². The number of carbonyl (C=O) groups is 1. The Morgan fingerprint density at radius 1 is 1.18 bits per heavy atom. The zero-order valence-corrected chi connectivity index (χ0v) is 18.5. The van der Waals surface area contributed by atoms with E-state index >= 15 is 0 Å². The molecule has 1 saturated heterocycles. The molecule has 6 nitrogen and oxygen atoms in total. The predicted octanol–water partition coefficient (Wildman–Crippen LogP) is 5.14. The maximum Gasteiger partial charge on any atom is 0.231 e. The minimum absolute atomic E-state index is 0.141. The largest absolute Gasteiger partial charge is 0.507 e. The molecule has 1 fully saturated rings. The SMILES string of the molecule is COc1ccc(C=C2Oc3c(ccc(O)c3CN3CCCC[C@@H]3c3cccnc3)C2=O)cc1. The van der Waals surface area contributed by atoms with Gasteiger partial charge in [-0.15, -0.1) is 0 Å². The fourth-order valence-corrected chi connectivity index (χ4v) is 4.64. The molecule has 0 aliphatic carbocycles. The molecule has 5 rings (SSSR count). The summed E-state index contributed by atoms with van der Waals surface area (Å²) < 4.78 is 11.3. The molecule has 0 radical (unpaired) electrons. The number of nitrogens with zero attached hydrogens (tertiary/aromatic N) is 2. The molecule has 3 heterocycles. The van der Waals surface area contributed by atoms with Crippen LogP contribution in [0.3, 0.4) is 0 Å². The van der Waals surface area contributed by atoms with E-state index in [0.29, 0.717) is 23.4 Å². The lowest BCUT2D eigenvalue weighted by atomic mass is 9.95. The number of piperidine rings is 1. The van der Waals surface area contributed by atoms with Gasteiger partial charge in [-0.2, -0.15) is 0 Å². The number of aromatic hydroxyl groups is 1. The van der Waals surface area contributed by atoms with E-state index in [1.165, 1.54) is 5.56 Å². The van der Waals surface area contributed by atoms with Gasteiger partial charge in [0.05, 0.1) is 18.2 Å². The third-order valence-corrected chi connectivity index (χ3v) is 6.37. The molecule has 168 valence electrons. The molecule has 1 aromatic heterocycles. The van der Waals surface area contributed by atoms with Crippen molar-refractivity contribution in [2.24, 2.45) is 0 Å². The number of phenols is 1. The van der Waals surface area contributed by atoms with Crippen LogP contribution in [0.1, 0.15) is 52.4 Å². The Balaban J connectivity index is 1.44. The summed E-state index contributed by atoms with van der Waals surface area (Å²) in [7, 11) is 1.61. The van der Waals surface area contributed by atoms with Crippen molar-refractivity contribution in [3.8, 4) is 17.2 Å². The second-order valence-corrected chi connectivity index (χ2v) is 8.42. The minimum atomic E-state index is -0.176. The van der Waals surface area contributed by atoms with E-state index in [1.54, 1.807) is 31.5 Å². The molecule has 2 aliphatic heterocycles. The number of allylic oxidation sites excluding steroid dienone is 1. The van der Waals surface area contributed by atoms with Gasteiger partial charge in [-0.25, -0.2) is 0 Å². The molecular formula is C27H26N2O4. The van der Waals surface area contributed by atoms with E-state index in [-0.39, 0.29) is 23.3 Å². The fraction of sp³-hybridized carbons (Fsp3) is 0.259. The van der Waals surface area contributed by atoms with Gasteiger partial charge in [-0.05, 0) is 66.9 Å². The van der Waals surface area contributed by atoms with Crippen LogP contribution in [0.4, 0.5) is 0 Å². The normalized spacial score (nSPS) is 19.4. The first-order valence-electron chi connectivity index (χ1n) is 11.2. The van der Waals surface area contributed by atoms with Gasteiger partial charge in [-0.3, -0.25) is 14.7 Å². The van der Waals surface area contributed by atoms with Gasteiger partial charge in [0.25, 0.3) is 0 Å². The van der Waals surface area contributed by atoms with Crippen molar-refractivity contribution in [3.63, 3.8) is 0 Å². The third-order valence-electron chi connectivity index (χ3n) is 6.37. The standard InChI is InChI=1S/C27H26N2O4/c1-32-20-9-7-18(8-10-20)15-25-26(31)21-11-12-24(30)22(27(21)33-25)17-29-14-3-2-6-23(29)19-5-4-13-28-16-19/h4-5,7-13,15-16,23,30H,2-3,6,14,17H2,1H3/t23-/m1/s1. The van der Waals surface area contributed by atoms with Gasteiger partial charge >= 0.3 is 0 Å². The topological polar surface area (TPSA) is 71.9 Å². The molecule has 0 unspecified atom stereocenters. The van der Waals surface area contributed by atoms with Crippen LogP contribution in [-0.2, 0) is 6.54 Å². The molecule has 3 aromatic rings. The molecule has 0 amide bonds. The predicted molar refractivity (Wildman–Crippen MR) is 125 cm³/mol. The van der Waals surface area contributed by atoms with E-state index in [9.17, 15) is 9.90 Å². The highest BCUT2D eigenvalue weighted by Gasteiger charge is 2.33. The Hall–Kier alpha value is -3.64. The molecule has 2 aliphatic rings. The van der Waals surface area contributed by atoms with Gasteiger partial charge in [0, 0.05) is 25.0 Å². The summed E-state index contributed by atoms with van der Waals surface area (Å²) in [6.07, 6.45) is 8.69. The number of likely N-dealkylation sites (tertiary alicyclic amines) is 1. The molecule has 1 atom stereocenters. The molecule has 2 aromatic carbocycles. The van der Waals surface area contributed by atoms with Crippen LogP contribution in [-0.4, -0.2) is 34.4 Å². The number of hydrogen-bond acceptors (Lipinski definition) is 6. The van der Waals surface area contributed by atoms with Crippen molar-refractivity contribution in [1.29, 1.82) is 0 Å². The highest BCUT2D eigenvalue weighted by Crippen LogP contribution is 2.42. The molecular weight excluding hydrogens is 416 g/mol. The Morgan fingerprint density at radius 3 is 2.79 bits per heavy atom. The van der Waals surface area contributed by atoms with Gasteiger partial charge in [-0.1, -0.05) is 24.6 Å². The van der Waals surface area contributed by atoms with Crippen molar-refractivity contribution in [1.82, 2.24) is 9.88 Å². The maximum absolute atomic E-state index is 13.0. The van der Waals surface area contributed by atoms with Crippen molar-refractivity contribution in [2.45, 2.75) is 31.8 Å². The third kappa shape index (κ3) is 4.22. The smallest absolute Gasteiger partial charge is 0.231 e. The highest BCUT2D eigenvalue weighted by atomic mass is 16.5. The molecule has 1 N–H and O–H groups in total. The number of rotatable bonds is 5. The fourth-order valence-electron chi connectivity index (χ4n) is 4.64. The number of phenolic OH excluding ortho intramolecular Hbond substituents is 1. The van der Waals surface area contributed by atoms with Crippen molar-refractivity contribution in [3.05, 3.63) is 88.9 Å². The number of benzene rings is 2. The summed E-state index contributed by atoms with van der Waals surface area (Å²) in [4.78, 5) is 19.7.